The highest BCUT2D eigenvalue weighted by Gasteiger charge is 2.41. The Morgan fingerprint density at radius 2 is 2.07 bits per heavy atom. The molecule has 0 aliphatic carbocycles. The first-order valence-corrected chi connectivity index (χ1v) is 10.9. The summed E-state index contributed by atoms with van der Waals surface area (Å²) >= 11 is 0. The van der Waals surface area contributed by atoms with E-state index in [0.29, 0.717) is 18.2 Å². The van der Waals surface area contributed by atoms with Gasteiger partial charge in [-0.25, -0.2) is 0 Å². The summed E-state index contributed by atoms with van der Waals surface area (Å²) in [6.45, 7) is 9.69. The molecule has 0 N–H and O–H groups in total. The molecule has 0 aromatic carbocycles. The first-order chi connectivity index (χ1) is 13.5. The molecule has 1 aromatic heterocycles. The molecule has 28 heavy (non-hydrogen) atoms. The fraction of sp³-hybridized carbons (Fsp3) is 0.857. The van der Waals surface area contributed by atoms with Crippen LogP contribution in [0.2, 0.25) is 0 Å². The highest BCUT2D eigenvalue weighted by atomic mass is 16.5. The summed E-state index contributed by atoms with van der Waals surface area (Å²) in [5.74, 6) is 2.38. The zero-order valence-corrected chi connectivity index (χ0v) is 17.4. The molecule has 7 heteroatoms. The third-order valence-corrected chi connectivity index (χ3v) is 6.57. The molecular formula is C21H34N4O3. The maximum atomic E-state index is 12.4. The van der Waals surface area contributed by atoms with Gasteiger partial charge in [0.2, 0.25) is 11.8 Å². The van der Waals surface area contributed by atoms with Crippen molar-refractivity contribution in [2.24, 2.45) is 11.3 Å². The van der Waals surface area contributed by atoms with E-state index in [9.17, 15) is 4.79 Å². The van der Waals surface area contributed by atoms with Crippen LogP contribution in [-0.4, -0.2) is 64.7 Å². The number of piperidine rings is 2. The normalized spacial score (nSPS) is 25.9. The molecule has 0 saturated carbocycles. The summed E-state index contributed by atoms with van der Waals surface area (Å²) in [6, 6.07) is 0. The van der Waals surface area contributed by atoms with Gasteiger partial charge in [-0.3, -0.25) is 9.69 Å². The van der Waals surface area contributed by atoms with Crippen molar-refractivity contribution in [2.45, 2.75) is 71.4 Å². The van der Waals surface area contributed by atoms with Crippen molar-refractivity contribution >= 4 is 5.91 Å². The molecule has 156 valence electrons. The minimum absolute atomic E-state index is 0.248. The molecule has 1 aromatic rings. The molecule has 1 amide bonds. The van der Waals surface area contributed by atoms with Crippen LogP contribution in [0.3, 0.4) is 0 Å². The van der Waals surface area contributed by atoms with E-state index >= 15 is 0 Å². The largest absolute Gasteiger partial charge is 0.376 e. The second-order valence-corrected chi connectivity index (χ2v) is 9.39. The van der Waals surface area contributed by atoms with E-state index in [1.165, 1.54) is 0 Å². The van der Waals surface area contributed by atoms with Crippen molar-refractivity contribution in [3.8, 4) is 0 Å². The zero-order valence-electron chi connectivity index (χ0n) is 17.4. The molecular weight excluding hydrogens is 356 g/mol. The van der Waals surface area contributed by atoms with Crippen molar-refractivity contribution in [1.29, 1.82) is 0 Å². The van der Waals surface area contributed by atoms with Gasteiger partial charge in [-0.05, 0) is 56.5 Å². The van der Waals surface area contributed by atoms with Crippen LogP contribution in [-0.2, 0) is 22.5 Å². The molecule has 4 rings (SSSR count). The number of carbonyl (C=O) groups is 1. The van der Waals surface area contributed by atoms with E-state index in [2.05, 4.69) is 33.8 Å². The quantitative estimate of drug-likeness (QED) is 0.744. The fourth-order valence-electron chi connectivity index (χ4n) is 4.88. The van der Waals surface area contributed by atoms with Crippen LogP contribution in [0, 0.1) is 11.3 Å². The molecule has 7 nitrogen and oxygen atoms in total. The van der Waals surface area contributed by atoms with Crippen molar-refractivity contribution in [3.63, 3.8) is 0 Å². The predicted octanol–water partition coefficient (Wildman–Crippen LogP) is 2.65. The summed E-state index contributed by atoms with van der Waals surface area (Å²) in [5.41, 5.74) is 0.281. The Morgan fingerprint density at radius 1 is 1.25 bits per heavy atom. The summed E-state index contributed by atoms with van der Waals surface area (Å²) in [7, 11) is 0. The van der Waals surface area contributed by atoms with Gasteiger partial charge >= 0.3 is 0 Å². The highest BCUT2D eigenvalue weighted by molar-refractivity contribution is 5.77. The van der Waals surface area contributed by atoms with E-state index in [1.807, 2.05) is 0 Å². The number of hydrogen-bond acceptors (Lipinski definition) is 6. The Balaban J connectivity index is 1.28. The van der Waals surface area contributed by atoms with E-state index < -0.39 is 0 Å². The Labute approximate surface area is 167 Å². The Morgan fingerprint density at radius 3 is 2.79 bits per heavy atom. The topological polar surface area (TPSA) is 71.7 Å². The molecule has 3 aliphatic heterocycles. The van der Waals surface area contributed by atoms with Crippen LogP contribution in [0.4, 0.5) is 0 Å². The third kappa shape index (κ3) is 4.74. The SMILES string of the molecule is CC(C)Cc1nc(CN2CCC3(CCC(=O)N(C[C@H]4CCCO4)C3)CC2)no1. The first-order valence-electron chi connectivity index (χ1n) is 10.9. The third-order valence-electron chi connectivity index (χ3n) is 6.57. The number of nitrogens with zero attached hydrogens (tertiary/aromatic N) is 4. The van der Waals surface area contributed by atoms with Gasteiger partial charge in [0, 0.05) is 32.5 Å². The van der Waals surface area contributed by atoms with Gasteiger partial charge < -0.3 is 14.2 Å². The number of amides is 1. The Hall–Kier alpha value is -1.47. The van der Waals surface area contributed by atoms with Crippen LogP contribution >= 0.6 is 0 Å². The summed E-state index contributed by atoms with van der Waals surface area (Å²) in [6.07, 6.45) is 7.30. The molecule has 1 atom stereocenters. The lowest BCUT2D eigenvalue weighted by molar-refractivity contribution is -0.141. The number of rotatable bonds is 6. The van der Waals surface area contributed by atoms with Crippen LogP contribution in [0.1, 0.15) is 64.1 Å². The van der Waals surface area contributed by atoms with Gasteiger partial charge in [0.05, 0.1) is 12.6 Å². The molecule has 0 radical (unpaired) electrons. The lowest BCUT2D eigenvalue weighted by atomic mass is 9.72. The van der Waals surface area contributed by atoms with Gasteiger partial charge in [-0.15, -0.1) is 0 Å². The average Bonchev–Trinajstić information content (AvgIpc) is 3.32. The van der Waals surface area contributed by atoms with Crippen LogP contribution in [0.25, 0.3) is 0 Å². The van der Waals surface area contributed by atoms with Crippen molar-refractivity contribution in [3.05, 3.63) is 11.7 Å². The smallest absolute Gasteiger partial charge is 0.226 e. The van der Waals surface area contributed by atoms with Crippen molar-refractivity contribution in [2.75, 3.05) is 32.8 Å². The van der Waals surface area contributed by atoms with E-state index in [1.54, 1.807) is 0 Å². The van der Waals surface area contributed by atoms with Crippen molar-refractivity contribution < 1.29 is 14.1 Å². The van der Waals surface area contributed by atoms with Gasteiger partial charge in [0.15, 0.2) is 5.82 Å². The standard InChI is InChI=1S/C21H34N4O3/c1-16(2)12-19-22-18(23-28-19)14-24-9-7-21(8-10-24)6-5-20(26)25(15-21)13-17-4-3-11-27-17/h16-17H,3-15H2,1-2H3/t17-/m1/s1. The monoisotopic (exact) mass is 390 g/mol. The molecule has 0 bridgehead atoms. The van der Waals surface area contributed by atoms with Crippen LogP contribution in [0.15, 0.2) is 4.52 Å². The molecule has 3 saturated heterocycles. The number of carbonyl (C=O) groups excluding carboxylic acids is 1. The maximum Gasteiger partial charge on any atom is 0.226 e. The van der Waals surface area contributed by atoms with Gasteiger partial charge in [-0.1, -0.05) is 19.0 Å². The second kappa shape index (κ2) is 8.49. The van der Waals surface area contributed by atoms with Gasteiger partial charge in [0.1, 0.15) is 0 Å². The molecule has 1 spiro atoms. The summed E-state index contributed by atoms with van der Waals surface area (Å²) < 4.78 is 11.1. The molecule has 3 aliphatic rings. The molecule has 3 fully saturated rings. The average molecular weight is 391 g/mol. The number of likely N-dealkylation sites (tertiary alicyclic amines) is 2. The highest BCUT2D eigenvalue weighted by Crippen LogP contribution is 2.40. The molecule has 4 heterocycles. The Bertz CT molecular complexity index is 660. The summed E-state index contributed by atoms with van der Waals surface area (Å²) in [5, 5.41) is 4.15. The predicted molar refractivity (Wildman–Crippen MR) is 105 cm³/mol. The van der Waals surface area contributed by atoms with Crippen LogP contribution < -0.4 is 0 Å². The van der Waals surface area contributed by atoms with Gasteiger partial charge in [-0.2, -0.15) is 4.98 Å². The van der Waals surface area contributed by atoms with E-state index in [0.717, 1.165) is 89.6 Å². The fourth-order valence-corrected chi connectivity index (χ4v) is 4.88. The zero-order chi connectivity index (χ0) is 19.6. The minimum atomic E-state index is 0.248. The lowest BCUT2D eigenvalue weighted by Gasteiger charge is -2.47. The number of hydrogen-bond donors (Lipinski definition) is 0. The van der Waals surface area contributed by atoms with Gasteiger partial charge in [0.25, 0.3) is 0 Å². The van der Waals surface area contributed by atoms with Crippen LogP contribution in [0.5, 0.6) is 0 Å². The molecule has 0 unspecified atom stereocenters. The Kier molecular flexibility index (Phi) is 6.01. The lowest BCUT2D eigenvalue weighted by Crippen LogP contribution is -2.52. The van der Waals surface area contributed by atoms with Crippen molar-refractivity contribution in [1.82, 2.24) is 19.9 Å². The number of aromatic nitrogens is 2. The summed E-state index contributed by atoms with van der Waals surface area (Å²) in [4.78, 5) is 21.5. The first kappa shape index (κ1) is 19.8. The van der Waals surface area contributed by atoms with E-state index in [-0.39, 0.29) is 11.5 Å². The maximum absolute atomic E-state index is 12.4. The second-order valence-electron chi connectivity index (χ2n) is 9.39. The number of ether oxygens (including phenoxy) is 1. The van der Waals surface area contributed by atoms with E-state index in [4.69, 9.17) is 9.26 Å². The minimum Gasteiger partial charge on any atom is -0.376 e.